The highest BCUT2D eigenvalue weighted by molar-refractivity contribution is 6.05. The number of rotatable bonds is 6. The van der Waals surface area contributed by atoms with Crippen LogP contribution in [0.3, 0.4) is 0 Å². The molecule has 206 valence electrons. The molecule has 11 heteroatoms. The number of aromatic amines is 1. The van der Waals surface area contributed by atoms with E-state index in [1.807, 2.05) is 60.0 Å². The molecule has 0 unspecified atom stereocenters. The zero-order valence-electron chi connectivity index (χ0n) is 22.5. The Balaban J connectivity index is 1.44. The van der Waals surface area contributed by atoms with E-state index >= 15 is 0 Å². The molecule has 3 aromatic carbocycles. The van der Waals surface area contributed by atoms with Crippen LogP contribution in [0.4, 0.5) is 17.1 Å². The SMILES string of the molecule is CN(C)c1ccc(NC(=O)c2nc(-c3cccc4c([N+](=O)[O-])cccc34)n3c2CN(C(=O)c2ccc[nH]2)CC3)cc1. The summed E-state index contributed by atoms with van der Waals surface area (Å²) in [6.45, 7) is 0.991. The number of amides is 2. The molecule has 0 saturated heterocycles. The number of aromatic nitrogens is 3. The number of hydrogen-bond donors (Lipinski definition) is 2. The molecule has 3 heterocycles. The lowest BCUT2D eigenvalue weighted by Gasteiger charge is -2.29. The molecule has 1 aliphatic rings. The largest absolute Gasteiger partial charge is 0.378 e. The number of non-ortho nitro benzene ring substituents is 1. The van der Waals surface area contributed by atoms with E-state index in [0.717, 1.165) is 5.69 Å². The van der Waals surface area contributed by atoms with Crippen LogP contribution in [0, 0.1) is 10.1 Å². The maximum atomic E-state index is 13.7. The average molecular weight is 550 g/mol. The summed E-state index contributed by atoms with van der Waals surface area (Å²) in [4.78, 5) is 49.6. The standard InChI is InChI=1S/C30H27N7O4/c1-34(2)20-13-11-19(12-14-20)32-29(38)27-26-18-35(30(39)24-9-5-15-31-24)16-17-36(26)28(33-27)23-8-3-7-22-21(23)6-4-10-25(22)37(40)41/h3-15,31H,16-18H2,1-2H3,(H,32,38). The van der Waals surface area contributed by atoms with Gasteiger partial charge in [0, 0.05) is 56.4 Å². The quantitative estimate of drug-likeness (QED) is 0.229. The molecule has 5 aromatic rings. The van der Waals surface area contributed by atoms with Gasteiger partial charge in [-0.15, -0.1) is 0 Å². The number of anilines is 2. The van der Waals surface area contributed by atoms with Crippen LogP contribution < -0.4 is 10.2 Å². The van der Waals surface area contributed by atoms with Crippen molar-refractivity contribution in [1.82, 2.24) is 19.4 Å². The first-order valence-electron chi connectivity index (χ1n) is 13.1. The Bertz CT molecular complexity index is 1790. The Hall–Kier alpha value is -5.45. The van der Waals surface area contributed by atoms with Crippen molar-refractivity contribution < 1.29 is 14.5 Å². The van der Waals surface area contributed by atoms with Crippen molar-refractivity contribution >= 4 is 39.6 Å². The monoisotopic (exact) mass is 549 g/mol. The van der Waals surface area contributed by atoms with Crippen molar-refractivity contribution in [2.45, 2.75) is 13.1 Å². The second-order valence-electron chi connectivity index (χ2n) is 10.0. The van der Waals surface area contributed by atoms with Gasteiger partial charge in [-0.1, -0.05) is 24.3 Å². The molecule has 0 radical (unpaired) electrons. The highest BCUT2D eigenvalue weighted by Crippen LogP contribution is 2.35. The Morgan fingerprint density at radius 2 is 1.73 bits per heavy atom. The normalized spacial score (nSPS) is 12.7. The van der Waals surface area contributed by atoms with Crippen LogP contribution in [0.5, 0.6) is 0 Å². The number of carbonyl (C=O) groups excluding carboxylic acids is 2. The zero-order chi connectivity index (χ0) is 28.7. The minimum Gasteiger partial charge on any atom is -0.378 e. The molecule has 2 amide bonds. The molecule has 41 heavy (non-hydrogen) atoms. The van der Waals surface area contributed by atoms with E-state index in [-0.39, 0.29) is 23.8 Å². The van der Waals surface area contributed by atoms with Gasteiger partial charge in [0.2, 0.25) is 0 Å². The number of hydrogen-bond acceptors (Lipinski definition) is 6. The van der Waals surface area contributed by atoms with Crippen molar-refractivity contribution in [3.05, 3.63) is 106 Å². The molecule has 0 spiro atoms. The highest BCUT2D eigenvalue weighted by atomic mass is 16.6. The predicted molar refractivity (Wildman–Crippen MR) is 156 cm³/mol. The van der Waals surface area contributed by atoms with E-state index in [0.29, 0.717) is 52.3 Å². The van der Waals surface area contributed by atoms with Crippen LogP contribution in [-0.2, 0) is 13.1 Å². The molecule has 0 fully saturated rings. The maximum absolute atomic E-state index is 13.7. The predicted octanol–water partition coefficient (Wildman–Crippen LogP) is 4.91. The van der Waals surface area contributed by atoms with E-state index in [9.17, 15) is 19.7 Å². The van der Waals surface area contributed by atoms with Crippen molar-refractivity contribution in [3.8, 4) is 11.4 Å². The van der Waals surface area contributed by atoms with Crippen LogP contribution in [0.2, 0.25) is 0 Å². The van der Waals surface area contributed by atoms with Crippen molar-refractivity contribution in [2.24, 2.45) is 0 Å². The van der Waals surface area contributed by atoms with Gasteiger partial charge in [0.15, 0.2) is 5.69 Å². The van der Waals surface area contributed by atoms with Crippen LogP contribution >= 0.6 is 0 Å². The lowest BCUT2D eigenvalue weighted by Crippen LogP contribution is -2.39. The molecular formula is C30H27N7O4. The first-order valence-corrected chi connectivity index (χ1v) is 13.1. The fraction of sp³-hybridized carbons (Fsp3) is 0.167. The van der Waals surface area contributed by atoms with Crippen molar-refractivity contribution in [3.63, 3.8) is 0 Å². The molecular weight excluding hydrogens is 522 g/mol. The summed E-state index contributed by atoms with van der Waals surface area (Å²) in [7, 11) is 3.88. The zero-order valence-corrected chi connectivity index (χ0v) is 22.5. The van der Waals surface area contributed by atoms with Gasteiger partial charge in [-0.2, -0.15) is 0 Å². The summed E-state index contributed by atoms with van der Waals surface area (Å²) >= 11 is 0. The number of fused-ring (bicyclic) bond motifs is 2. The van der Waals surface area contributed by atoms with Crippen molar-refractivity contribution in [1.29, 1.82) is 0 Å². The third-order valence-corrected chi connectivity index (χ3v) is 7.32. The third kappa shape index (κ3) is 4.67. The van der Waals surface area contributed by atoms with E-state index in [4.69, 9.17) is 4.98 Å². The molecule has 0 bridgehead atoms. The smallest absolute Gasteiger partial charge is 0.277 e. The highest BCUT2D eigenvalue weighted by Gasteiger charge is 2.31. The molecule has 1 aliphatic heterocycles. The molecule has 2 aromatic heterocycles. The van der Waals surface area contributed by atoms with Crippen LogP contribution in [0.25, 0.3) is 22.2 Å². The summed E-state index contributed by atoms with van der Waals surface area (Å²) < 4.78 is 1.94. The molecule has 11 nitrogen and oxygen atoms in total. The lowest BCUT2D eigenvalue weighted by atomic mass is 10.0. The average Bonchev–Trinajstić information content (AvgIpc) is 3.65. The van der Waals surface area contributed by atoms with E-state index in [2.05, 4.69) is 10.3 Å². The number of nitrogens with zero attached hydrogens (tertiary/aromatic N) is 5. The first-order chi connectivity index (χ1) is 19.8. The summed E-state index contributed by atoms with van der Waals surface area (Å²) in [5, 5.41) is 15.8. The Kier molecular flexibility index (Phi) is 6.46. The molecule has 2 N–H and O–H groups in total. The summed E-state index contributed by atoms with van der Waals surface area (Å²) in [6, 6.07) is 21.2. The Labute approximate surface area is 235 Å². The van der Waals surface area contributed by atoms with Gasteiger partial charge in [0.25, 0.3) is 17.5 Å². The van der Waals surface area contributed by atoms with Crippen LogP contribution in [-0.4, -0.2) is 56.8 Å². The molecule has 0 atom stereocenters. The number of H-pyrrole nitrogens is 1. The molecule has 0 saturated carbocycles. The second kappa shape index (κ2) is 10.3. The number of carbonyl (C=O) groups is 2. The number of imidazole rings is 1. The lowest BCUT2D eigenvalue weighted by molar-refractivity contribution is -0.383. The number of nitro groups is 1. The van der Waals surface area contributed by atoms with E-state index in [1.165, 1.54) is 6.07 Å². The summed E-state index contributed by atoms with van der Waals surface area (Å²) in [5.74, 6) is -0.0559. The van der Waals surface area contributed by atoms with Crippen LogP contribution in [0.15, 0.2) is 79.0 Å². The molecule has 0 aliphatic carbocycles. The summed E-state index contributed by atoms with van der Waals surface area (Å²) in [5.41, 5.74) is 3.53. The molecule has 6 rings (SSSR count). The minimum absolute atomic E-state index is 0.00312. The maximum Gasteiger partial charge on any atom is 0.277 e. The number of nitrogens with one attached hydrogen (secondary N) is 2. The van der Waals surface area contributed by atoms with Gasteiger partial charge >= 0.3 is 0 Å². The number of nitro benzene ring substituents is 1. The Morgan fingerprint density at radius 3 is 2.44 bits per heavy atom. The Morgan fingerprint density at radius 1 is 0.976 bits per heavy atom. The van der Waals surface area contributed by atoms with Gasteiger partial charge in [-0.25, -0.2) is 4.98 Å². The third-order valence-electron chi connectivity index (χ3n) is 7.32. The first kappa shape index (κ1) is 25.8. The van der Waals surface area contributed by atoms with Crippen LogP contribution in [0.1, 0.15) is 26.7 Å². The number of benzene rings is 3. The van der Waals surface area contributed by atoms with Gasteiger partial charge in [-0.3, -0.25) is 19.7 Å². The van der Waals surface area contributed by atoms with Gasteiger partial charge in [0.05, 0.1) is 22.5 Å². The van der Waals surface area contributed by atoms with E-state index < -0.39 is 10.8 Å². The van der Waals surface area contributed by atoms with E-state index in [1.54, 1.807) is 41.4 Å². The van der Waals surface area contributed by atoms with Gasteiger partial charge in [-0.05, 0) is 47.9 Å². The summed E-state index contributed by atoms with van der Waals surface area (Å²) in [6.07, 6.45) is 1.69. The second-order valence-corrected chi connectivity index (χ2v) is 10.0. The van der Waals surface area contributed by atoms with Gasteiger partial charge < -0.3 is 24.7 Å². The fourth-order valence-electron chi connectivity index (χ4n) is 5.24. The fourth-order valence-corrected chi connectivity index (χ4v) is 5.24. The topological polar surface area (TPSA) is 129 Å². The minimum atomic E-state index is -0.405. The van der Waals surface area contributed by atoms with Gasteiger partial charge in [0.1, 0.15) is 11.5 Å². The van der Waals surface area contributed by atoms with Crippen molar-refractivity contribution in [2.75, 3.05) is 30.9 Å².